The van der Waals surface area contributed by atoms with Crippen molar-refractivity contribution in [3.8, 4) is 0 Å². The van der Waals surface area contributed by atoms with Crippen molar-refractivity contribution in [3.63, 3.8) is 0 Å². The van der Waals surface area contributed by atoms with Gasteiger partial charge in [0, 0.05) is 11.3 Å². The highest BCUT2D eigenvalue weighted by atomic mass is 16.1. The van der Waals surface area contributed by atoms with Crippen molar-refractivity contribution in [2.24, 2.45) is 0 Å². The van der Waals surface area contributed by atoms with Crippen LogP contribution in [0.15, 0.2) is 97.1 Å². The molecule has 0 heterocycles. The van der Waals surface area contributed by atoms with E-state index in [0.717, 1.165) is 22.1 Å². The van der Waals surface area contributed by atoms with Crippen LogP contribution in [0.25, 0.3) is 10.8 Å². The molecule has 1 N–H and O–H groups in total. The fourth-order valence-electron chi connectivity index (χ4n) is 3.03. The van der Waals surface area contributed by atoms with Gasteiger partial charge in [0.2, 0.25) is 0 Å². The Balaban J connectivity index is 1.89. The first kappa shape index (κ1) is 15.2. The molecule has 0 fully saturated rings. The summed E-state index contributed by atoms with van der Waals surface area (Å²) in [6, 6.07) is 31.3. The molecule has 0 amide bonds. The van der Waals surface area contributed by atoms with Crippen molar-refractivity contribution in [2.75, 3.05) is 5.32 Å². The number of fused-ring (bicyclic) bond motifs is 1. The Hall–Kier alpha value is -3.39. The van der Waals surface area contributed by atoms with E-state index in [1.165, 1.54) is 0 Å². The first-order chi connectivity index (χ1) is 12.3. The van der Waals surface area contributed by atoms with E-state index >= 15 is 0 Å². The second-order valence-corrected chi connectivity index (χ2v) is 5.90. The van der Waals surface area contributed by atoms with Crippen molar-refractivity contribution in [3.05, 3.63) is 108 Å². The average molecular weight is 323 g/mol. The Labute approximate surface area is 146 Å². The van der Waals surface area contributed by atoms with E-state index in [-0.39, 0.29) is 5.78 Å². The van der Waals surface area contributed by atoms with Gasteiger partial charge in [-0.15, -0.1) is 0 Å². The van der Waals surface area contributed by atoms with Gasteiger partial charge in [-0.3, -0.25) is 4.79 Å². The van der Waals surface area contributed by atoms with Crippen LogP contribution in [0.5, 0.6) is 0 Å². The third-order valence-corrected chi connectivity index (χ3v) is 4.24. The molecule has 0 aliphatic rings. The quantitative estimate of drug-likeness (QED) is 0.480. The van der Waals surface area contributed by atoms with Crippen molar-refractivity contribution in [1.82, 2.24) is 0 Å². The molecule has 0 atom stereocenters. The number of anilines is 2. The molecule has 0 aliphatic carbocycles. The maximum Gasteiger partial charge on any atom is 0.195 e. The third kappa shape index (κ3) is 3.02. The smallest absolute Gasteiger partial charge is 0.195 e. The van der Waals surface area contributed by atoms with Gasteiger partial charge in [0.15, 0.2) is 5.78 Å². The molecule has 25 heavy (non-hydrogen) atoms. The lowest BCUT2D eigenvalue weighted by Crippen LogP contribution is -2.06. The number of benzene rings is 4. The van der Waals surface area contributed by atoms with E-state index in [0.29, 0.717) is 11.1 Å². The average Bonchev–Trinajstić information content (AvgIpc) is 2.69. The lowest BCUT2D eigenvalue weighted by Gasteiger charge is -2.14. The van der Waals surface area contributed by atoms with Gasteiger partial charge in [0.05, 0.1) is 11.3 Å². The number of hydrogen-bond acceptors (Lipinski definition) is 2. The van der Waals surface area contributed by atoms with Crippen LogP contribution in [0.3, 0.4) is 0 Å². The van der Waals surface area contributed by atoms with Gasteiger partial charge in [0.1, 0.15) is 0 Å². The summed E-state index contributed by atoms with van der Waals surface area (Å²) in [6.07, 6.45) is 0. The number of ketones is 1. The van der Waals surface area contributed by atoms with Gasteiger partial charge < -0.3 is 5.32 Å². The third-order valence-electron chi connectivity index (χ3n) is 4.24. The second-order valence-electron chi connectivity index (χ2n) is 5.90. The van der Waals surface area contributed by atoms with E-state index in [1.54, 1.807) is 0 Å². The number of carbonyl (C=O) groups is 1. The summed E-state index contributed by atoms with van der Waals surface area (Å²) in [7, 11) is 0. The number of carbonyl (C=O) groups excluding carboxylic acids is 1. The molecule has 0 unspecified atom stereocenters. The summed E-state index contributed by atoms with van der Waals surface area (Å²) in [5.74, 6) is 0.0239. The Morgan fingerprint density at radius 2 is 1.28 bits per heavy atom. The van der Waals surface area contributed by atoms with Crippen LogP contribution in [0, 0.1) is 0 Å². The zero-order valence-corrected chi connectivity index (χ0v) is 13.6. The molecule has 4 rings (SSSR count). The first-order valence-electron chi connectivity index (χ1n) is 8.26. The molecule has 2 heteroatoms. The van der Waals surface area contributed by atoms with Crippen molar-refractivity contribution < 1.29 is 4.79 Å². The Morgan fingerprint density at radius 3 is 2.04 bits per heavy atom. The summed E-state index contributed by atoms with van der Waals surface area (Å²) in [6.45, 7) is 0. The van der Waals surface area contributed by atoms with Crippen LogP contribution in [-0.2, 0) is 0 Å². The molecule has 4 aromatic rings. The fraction of sp³-hybridized carbons (Fsp3) is 0. The molecule has 0 aliphatic heterocycles. The van der Waals surface area contributed by atoms with Crippen LogP contribution in [0.2, 0.25) is 0 Å². The first-order valence-corrected chi connectivity index (χ1v) is 8.26. The van der Waals surface area contributed by atoms with Crippen molar-refractivity contribution in [1.29, 1.82) is 0 Å². The molecule has 0 radical (unpaired) electrons. The largest absolute Gasteiger partial charge is 0.355 e. The van der Waals surface area contributed by atoms with Crippen LogP contribution in [-0.4, -0.2) is 5.78 Å². The summed E-state index contributed by atoms with van der Waals surface area (Å²) < 4.78 is 0. The molecule has 2 nitrogen and oxygen atoms in total. The zero-order valence-electron chi connectivity index (χ0n) is 13.6. The highest BCUT2D eigenvalue weighted by Gasteiger charge is 2.17. The highest BCUT2D eigenvalue weighted by molar-refractivity contribution is 6.20. The molecule has 0 aromatic heterocycles. The Bertz CT molecular complexity index is 1020. The number of nitrogens with one attached hydrogen (secondary N) is 1. The van der Waals surface area contributed by atoms with Crippen LogP contribution in [0.4, 0.5) is 11.4 Å². The molecule has 120 valence electrons. The molecule has 0 bridgehead atoms. The Kier molecular flexibility index (Phi) is 4.01. The van der Waals surface area contributed by atoms with Crippen molar-refractivity contribution in [2.45, 2.75) is 0 Å². The SMILES string of the molecule is O=C(c1ccccc1)c1c(Nc2ccccc2)ccc2ccccc12. The van der Waals surface area contributed by atoms with E-state index in [1.807, 2.05) is 97.1 Å². The maximum absolute atomic E-state index is 13.2. The lowest BCUT2D eigenvalue weighted by molar-refractivity contribution is 0.104. The molecule has 0 saturated heterocycles. The molecule has 4 aromatic carbocycles. The fourth-order valence-corrected chi connectivity index (χ4v) is 3.03. The van der Waals surface area contributed by atoms with Gasteiger partial charge in [-0.2, -0.15) is 0 Å². The number of para-hydroxylation sites is 1. The van der Waals surface area contributed by atoms with E-state index < -0.39 is 0 Å². The van der Waals surface area contributed by atoms with Crippen LogP contribution in [0.1, 0.15) is 15.9 Å². The van der Waals surface area contributed by atoms with Gasteiger partial charge in [-0.1, -0.05) is 78.9 Å². The topological polar surface area (TPSA) is 29.1 Å². The van der Waals surface area contributed by atoms with Crippen molar-refractivity contribution >= 4 is 27.9 Å². The van der Waals surface area contributed by atoms with Gasteiger partial charge in [-0.05, 0) is 29.0 Å². The predicted molar refractivity (Wildman–Crippen MR) is 104 cm³/mol. The van der Waals surface area contributed by atoms with E-state index in [4.69, 9.17) is 0 Å². The minimum Gasteiger partial charge on any atom is -0.355 e. The molecular weight excluding hydrogens is 306 g/mol. The normalized spacial score (nSPS) is 10.6. The van der Waals surface area contributed by atoms with Gasteiger partial charge in [0.25, 0.3) is 0 Å². The minimum absolute atomic E-state index is 0.0239. The monoisotopic (exact) mass is 323 g/mol. The Morgan fingerprint density at radius 1 is 0.640 bits per heavy atom. The lowest BCUT2D eigenvalue weighted by atomic mass is 9.95. The predicted octanol–water partition coefficient (Wildman–Crippen LogP) is 5.81. The summed E-state index contributed by atoms with van der Waals surface area (Å²) in [5.41, 5.74) is 3.17. The molecule has 0 saturated carbocycles. The highest BCUT2D eigenvalue weighted by Crippen LogP contribution is 2.30. The number of hydrogen-bond donors (Lipinski definition) is 1. The molecular formula is C23H17NO. The zero-order chi connectivity index (χ0) is 17.1. The standard InChI is InChI=1S/C23H17NO/c25-23(18-10-3-1-4-11-18)22-20-14-8-7-9-17(20)15-16-21(22)24-19-12-5-2-6-13-19/h1-16,24H. The maximum atomic E-state index is 13.2. The number of rotatable bonds is 4. The van der Waals surface area contributed by atoms with E-state index in [9.17, 15) is 4.79 Å². The van der Waals surface area contributed by atoms with E-state index in [2.05, 4.69) is 5.32 Å². The molecule has 0 spiro atoms. The minimum atomic E-state index is 0.0239. The van der Waals surface area contributed by atoms with Gasteiger partial charge >= 0.3 is 0 Å². The summed E-state index contributed by atoms with van der Waals surface area (Å²) in [4.78, 5) is 13.2. The second kappa shape index (κ2) is 6.62. The van der Waals surface area contributed by atoms with Gasteiger partial charge in [-0.25, -0.2) is 0 Å². The van der Waals surface area contributed by atoms with Crippen LogP contribution >= 0.6 is 0 Å². The summed E-state index contributed by atoms with van der Waals surface area (Å²) in [5, 5.41) is 5.41. The summed E-state index contributed by atoms with van der Waals surface area (Å²) >= 11 is 0. The van der Waals surface area contributed by atoms with Crippen LogP contribution < -0.4 is 5.32 Å².